The molecule has 0 aliphatic rings. The molecule has 0 fully saturated rings. The van der Waals surface area contributed by atoms with Gasteiger partial charge in [0.2, 0.25) is 8.27 Å². The molecule has 0 saturated heterocycles. The average Bonchev–Trinajstić information content (AvgIpc) is 1.60. The predicted molar refractivity (Wildman–Crippen MR) is 46.7 cm³/mol. The van der Waals surface area contributed by atoms with Gasteiger partial charge in [0.15, 0.2) is 0 Å². The van der Waals surface area contributed by atoms with Gasteiger partial charge >= 0.3 is 0 Å². The molecule has 0 aromatic heterocycles. The largest absolute Gasteiger partial charge is 0.217 e. The Kier molecular flexibility index (Phi) is 3.88. The van der Waals surface area contributed by atoms with E-state index in [1.807, 2.05) is 20.8 Å². The maximum atomic E-state index is 10.7. The van der Waals surface area contributed by atoms with E-state index in [0.717, 1.165) is 0 Å². The van der Waals surface area contributed by atoms with Gasteiger partial charge < -0.3 is 0 Å². The Hall–Kier alpha value is 0.430. The molecule has 0 heterocycles. The molecule has 2 nitrogen and oxygen atoms in total. The molecule has 0 rings (SSSR count). The molecule has 1 unspecified atom stereocenters. The van der Waals surface area contributed by atoms with Gasteiger partial charge in [-0.25, -0.2) is 8.42 Å². The highest BCUT2D eigenvalue weighted by atomic mass is 79.9. The Morgan fingerprint density at radius 2 is 1.70 bits per heavy atom. The predicted octanol–water partition coefficient (Wildman–Crippen LogP) is 2.00. The van der Waals surface area contributed by atoms with Crippen LogP contribution in [0.25, 0.3) is 0 Å². The fraction of sp³-hybridized carbons (Fsp3) is 1.00. The van der Waals surface area contributed by atoms with Crippen molar-refractivity contribution in [3.63, 3.8) is 0 Å². The van der Waals surface area contributed by atoms with Gasteiger partial charge in [-0.05, 0) is 11.8 Å². The van der Waals surface area contributed by atoms with Crippen molar-refractivity contribution in [2.45, 2.75) is 20.8 Å². The minimum atomic E-state index is -2.96. The van der Waals surface area contributed by atoms with E-state index in [1.165, 1.54) is 0 Å². The molecule has 10 heavy (non-hydrogen) atoms. The maximum Gasteiger partial charge on any atom is 0.209 e. The lowest BCUT2D eigenvalue weighted by atomic mass is 10.0. The molecule has 0 amide bonds. The summed E-state index contributed by atoms with van der Waals surface area (Å²) in [7, 11) is -2.96. The van der Waals surface area contributed by atoms with Crippen molar-refractivity contribution in [3.8, 4) is 0 Å². The lowest BCUT2D eigenvalue weighted by Gasteiger charge is -2.12. The van der Waals surface area contributed by atoms with Gasteiger partial charge in [-0.2, -0.15) is 0 Å². The highest BCUT2D eigenvalue weighted by Crippen LogP contribution is 2.15. The first-order chi connectivity index (χ1) is 4.33. The molecule has 4 heteroatoms. The lowest BCUT2D eigenvalue weighted by Crippen LogP contribution is -2.13. The van der Waals surface area contributed by atoms with E-state index < -0.39 is 8.27 Å². The molecule has 0 N–H and O–H groups in total. The molecule has 0 aliphatic heterocycles. The first kappa shape index (κ1) is 10.4. The summed E-state index contributed by atoms with van der Waals surface area (Å²) in [6.45, 7) is 5.97. The normalized spacial score (nSPS) is 15.7. The number of rotatable bonds is 3. The van der Waals surface area contributed by atoms with E-state index in [-0.39, 0.29) is 11.7 Å². The fourth-order valence-corrected chi connectivity index (χ4v) is 2.77. The van der Waals surface area contributed by atoms with Gasteiger partial charge in [0.25, 0.3) is 0 Å². The van der Waals surface area contributed by atoms with Crippen LogP contribution in [-0.4, -0.2) is 14.2 Å². The smallest absolute Gasteiger partial charge is 0.209 e. The molecular weight excluding hydrogens is 216 g/mol. The van der Waals surface area contributed by atoms with Crippen LogP contribution in [0.5, 0.6) is 0 Å². The minimum Gasteiger partial charge on any atom is -0.217 e. The third-order valence-electron chi connectivity index (χ3n) is 1.60. The second-order valence-electron chi connectivity index (χ2n) is 2.93. The molecule has 0 aromatic rings. The first-order valence-corrected chi connectivity index (χ1v) is 6.75. The number of halogens is 1. The highest BCUT2D eigenvalue weighted by Gasteiger charge is 2.14. The molecule has 0 spiro atoms. The van der Waals surface area contributed by atoms with Crippen molar-refractivity contribution < 1.29 is 8.42 Å². The number of hydrogen-bond acceptors (Lipinski definition) is 2. The Bertz CT molecular complexity index is 184. The van der Waals surface area contributed by atoms with Gasteiger partial charge in [-0.1, -0.05) is 20.8 Å². The van der Waals surface area contributed by atoms with Crippen LogP contribution in [-0.2, 0) is 8.27 Å². The van der Waals surface area contributed by atoms with Crippen LogP contribution in [0.2, 0.25) is 0 Å². The fourth-order valence-electron chi connectivity index (χ4n) is 0.506. The van der Waals surface area contributed by atoms with Crippen LogP contribution < -0.4 is 0 Å². The van der Waals surface area contributed by atoms with Crippen molar-refractivity contribution in [3.05, 3.63) is 0 Å². The summed E-state index contributed by atoms with van der Waals surface area (Å²) >= 11 is 2.62. The highest BCUT2D eigenvalue weighted by molar-refractivity contribution is 9.47. The van der Waals surface area contributed by atoms with E-state index in [4.69, 9.17) is 0 Å². The van der Waals surface area contributed by atoms with Crippen LogP contribution in [0, 0.1) is 11.8 Å². The summed E-state index contributed by atoms with van der Waals surface area (Å²) in [6, 6.07) is 0. The van der Waals surface area contributed by atoms with Gasteiger partial charge in [0.05, 0.1) is 20.6 Å². The Balaban J connectivity index is 3.93. The van der Waals surface area contributed by atoms with E-state index in [0.29, 0.717) is 5.92 Å². The molecule has 0 saturated carbocycles. The topological polar surface area (TPSA) is 34.1 Å². The molecule has 0 radical (unpaired) electrons. The zero-order valence-corrected chi connectivity index (χ0v) is 8.87. The lowest BCUT2D eigenvalue weighted by molar-refractivity contribution is 0.455. The monoisotopic (exact) mass is 228 g/mol. The minimum absolute atomic E-state index is 0.226. The zero-order valence-electron chi connectivity index (χ0n) is 6.46. The summed E-state index contributed by atoms with van der Waals surface area (Å²) in [5, 5.41) is 0. The van der Waals surface area contributed by atoms with Crippen LogP contribution in [0.4, 0.5) is 0 Å². The van der Waals surface area contributed by atoms with Crippen molar-refractivity contribution in [1.82, 2.24) is 0 Å². The molecule has 0 aliphatic carbocycles. The summed E-state index contributed by atoms with van der Waals surface area (Å²) in [6.07, 6.45) is 0. The summed E-state index contributed by atoms with van der Waals surface area (Å²) < 4.78 is 21.3. The van der Waals surface area contributed by atoms with Gasteiger partial charge in [0.1, 0.15) is 0 Å². The third-order valence-corrected chi connectivity index (χ3v) is 3.32. The van der Waals surface area contributed by atoms with E-state index in [9.17, 15) is 8.42 Å². The summed E-state index contributed by atoms with van der Waals surface area (Å²) in [5.41, 5.74) is 0. The second-order valence-corrected chi connectivity index (χ2v) is 7.30. The Labute approximate surface area is 70.1 Å². The molecule has 0 aromatic carbocycles. The van der Waals surface area contributed by atoms with E-state index >= 15 is 0 Å². The zero-order chi connectivity index (χ0) is 8.36. The van der Waals surface area contributed by atoms with Gasteiger partial charge in [-0.3, -0.25) is 0 Å². The molecule has 62 valence electrons. The molecule has 1 atom stereocenters. The maximum absolute atomic E-state index is 10.7. The second kappa shape index (κ2) is 3.72. The van der Waals surface area contributed by atoms with Crippen LogP contribution in [0.1, 0.15) is 20.8 Å². The van der Waals surface area contributed by atoms with Crippen molar-refractivity contribution in [2.24, 2.45) is 11.8 Å². The Morgan fingerprint density at radius 1 is 1.30 bits per heavy atom. The van der Waals surface area contributed by atoms with Crippen molar-refractivity contribution in [1.29, 1.82) is 0 Å². The molecule has 0 bridgehead atoms. The summed E-state index contributed by atoms with van der Waals surface area (Å²) in [4.78, 5) is 0. The van der Waals surface area contributed by atoms with Crippen molar-refractivity contribution in [2.75, 3.05) is 5.75 Å². The standard InChI is InChI=1S/C6H13BrO2S/c1-5(2)6(3)4-10(7,8)9/h5-6H,4H2,1-3H3. The quantitative estimate of drug-likeness (QED) is 0.693. The van der Waals surface area contributed by atoms with Gasteiger partial charge in [0, 0.05) is 0 Å². The van der Waals surface area contributed by atoms with Gasteiger partial charge in [-0.15, -0.1) is 0 Å². The summed E-state index contributed by atoms with van der Waals surface area (Å²) in [5.74, 6) is 0.877. The van der Waals surface area contributed by atoms with Crippen LogP contribution >= 0.6 is 14.8 Å². The first-order valence-electron chi connectivity index (χ1n) is 3.25. The average molecular weight is 229 g/mol. The van der Waals surface area contributed by atoms with E-state index in [1.54, 1.807) is 0 Å². The van der Waals surface area contributed by atoms with Crippen molar-refractivity contribution >= 4 is 23.1 Å². The Morgan fingerprint density at radius 3 is 1.80 bits per heavy atom. The van der Waals surface area contributed by atoms with Crippen LogP contribution in [0.15, 0.2) is 0 Å². The molecular formula is C6H13BrO2S. The third kappa shape index (κ3) is 5.23. The number of hydrogen-bond donors (Lipinski definition) is 0. The van der Waals surface area contributed by atoms with Crippen LogP contribution in [0.3, 0.4) is 0 Å². The van der Waals surface area contributed by atoms with E-state index in [2.05, 4.69) is 14.8 Å². The SMILES string of the molecule is CC(C)C(C)CS(=O)(=O)Br.